The predicted molar refractivity (Wildman–Crippen MR) is 82.3 cm³/mol. The zero-order valence-electron chi connectivity index (χ0n) is 13.1. The van der Waals surface area contributed by atoms with Crippen LogP contribution < -0.4 is 4.74 Å². The second kappa shape index (κ2) is 6.94. The Bertz CT molecular complexity index is 493. The standard InChI is InChI=1S/C17H25NO3/c1-12-7-8-15(13(2)19)16(11-12)21-14(3)17(20)18-9-5-4-6-10-18/h7-8,11,13-14,19H,4-6,9-10H2,1-3H3. The maximum atomic E-state index is 12.4. The molecular weight excluding hydrogens is 266 g/mol. The summed E-state index contributed by atoms with van der Waals surface area (Å²) in [6.45, 7) is 7.10. The van der Waals surface area contributed by atoms with E-state index in [4.69, 9.17) is 4.74 Å². The van der Waals surface area contributed by atoms with Gasteiger partial charge in [0.15, 0.2) is 6.10 Å². The van der Waals surface area contributed by atoms with Crippen molar-refractivity contribution in [3.8, 4) is 5.75 Å². The Morgan fingerprint density at radius 2 is 1.90 bits per heavy atom. The van der Waals surface area contributed by atoms with E-state index in [0.29, 0.717) is 5.75 Å². The summed E-state index contributed by atoms with van der Waals surface area (Å²) in [5, 5.41) is 9.82. The number of piperidine rings is 1. The lowest BCUT2D eigenvalue weighted by Gasteiger charge is -2.29. The number of nitrogens with zero attached hydrogens (tertiary/aromatic N) is 1. The van der Waals surface area contributed by atoms with Gasteiger partial charge in [0.1, 0.15) is 5.75 Å². The van der Waals surface area contributed by atoms with Gasteiger partial charge in [-0.05, 0) is 51.7 Å². The third-order valence-corrected chi connectivity index (χ3v) is 3.94. The van der Waals surface area contributed by atoms with E-state index in [1.165, 1.54) is 6.42 Å². The first-order valence-corrected chi connectivity index (χ1v) is 7.73. The second-order valence-corrected chi connectivity index (χ2v) is 5.86. The minimum absolute atomic E-state index is 0.0350. The second-order valence-electron chi connectivity index (χ2n) is 5.86. The van der Waals surface area contributed by atoms with Crippen LogP contribution in [-0.4, -0.2) is 35.1 Å². The lowest BCUT2D eigenvalue weighted by molar-refractivity contribution is -0.138. The molecule has 1 saturated heterocycles. The Morgan fingerprint density at radius 1 is 1.24 bits per heavy atom. The van der Waals surface area contributed by atoms with E-state index < -0.39 is 12.2 Å². The Morgan fingerprint density at radius 3 is 2.52 bits per heavy atom. The lowest BCUT2D eigenvalue weighted by atomic mass is 10.1. The van der Waals surface area contributed by atoms with E-state index >= 15 is 0 Å². The maximum Gasteiger partial charge on any atom is 0.263 e. The summed E-state index contributed by atoms with van der Waals surface area (Å²) < 4.78 is 5.85. The van der Waals surface area contributed by atoms with E-state index in [1.54, 1.807) is 13.8 Å². The summed E-state index contributed by atoms with van der Waals surface area (Å²) in [6, 6.07) is 5.67. The number of likely N-dealkylation sites (tertiary alicyclic amines) is 1. The summed E-state index contributed by atoms with van der Waals surface area (Å²) in [7, 11) is 0. The van der Waals surface area contributed by atoms with Gasteiger partial charge in [0.05, 0.1) is 6.10 Å². The summed E-state index contributed by atoms with van der Waals surface area (Å²) in [4.78, 5) is 14.3. The van der Waals surface area contributed by atoms with E-state index in [0.717, 1.165) is 37.1 Å². The third kappa shape index (κ3) is 3.97. The number of carbonyl (C=O) groups excluding carboxylic acids is 1. The highest BCUT2D eigenvalue weighted by molar-refractivity contribution is 5.81. The Labute approximate surface area is 126 Å². The molecule has 0 bridgehead atoms. The quantitative estimate of drug-likeness (QED) is 0.928. The van der Waals surface area contributed by atoms with E-state index in [-0.39, 0.29) is 5.91 Å². The van der Waals surface area contributed by atoms with Crippen molar-refractivity contribution in [1.82, 2.24) is 4.90 Å². The van der Waals surface area contributed by atoms with E-state index in [1.807, 2.05) is 30.0 Å². The van der Waals surface area contributed by atoms with Crippen molar-refractivity contribution in [2.75, 3.05) is 13.1 Å². The molecule has 4 heteroatoms. The lowest BCUT2D eigenvalue weighted by Crippen LogP contribution is -2.43. The highest BCUT2D eigenvalue weighted by Gasteiger charge is 2.24. The molecule has 1 N–H and O–H groups in total. The average molecular weight is 291 g/mol. The number of aryl methyl sites for hydroxylation is 1. The monoisotopic (exact) mass is 291 g/mol. The third-order valence-electron chi connectivity index (χ3n) is 3.94. The molecule has 1 aromatic carbocycles. The molecule has 0 aromatic heterocycles. The zero-order chi connectivity index (χ0) is 15.4. The van der Waals surface area contributed by atoms with Gasteiger partial charge >= 0.3 is 0 Å². The SMILES string of the molecule is Cc1ccc(C(C)O)c(OC(C)C(=O)N2CCCCC2)c1. The van der Waals surface area contributed by atoms with Crippen LogP contribution in [0.25, 0.3) is 0 Å². The maximum absolute atomic E-state index is 12.4. The van der Waals surface area contributed by atoms with Crippen LogP contribution in [0.4, 0.5) is 0 Å². The number of benzene rings is 1. The van der Waals surface area contributed by atoms with E-state index in [2.05, 4.69) is 0 Å². The van der Waals surface area contributed by atoms with Crippen LogP contribution >= 0.6 is 0 Å². The van der Waals surface area contributed by atoms with Gasteiger partial charge in [-0.2, -0.15) is 0 Å². The van der Waals surface area contributed by atoms with Gasteiger partial charge in [-0.15, -0.1) is 0 Å². The van der Waals surface area contributed by atoms with Crippen molar-refractivity contribution in [3.63, 3.8) is 0 Å². The normalized spacial score (nSPS) is 18.2. The number of hydrogen-bond donors (Lipinski definition) is 1. The molecule has 0 radical (unpaired) electrons. The van der Waals surface area contributed by atoms with Crippen molar-refractivity contribution in [2.45, 2.75) is 52.2 Å². The molecule has 1 amide bonds. The first-order valence-electron chi connectivity index (χ1n) is 7.73. The van der Waals surface area contributed by atoms with Gasteiger partial charge in [0.25, 0.3) is 5.91 Å². The molecule has 0 saturated carbocycles. The molecule has 0 spiro atoms. The van der Waals surface area contributed by atoms with Crippen molar-refractivity contribution < 1.29 is 14.6 Å². The number of ether oxygens (including phenoxy) is 1. The summed E-state index contributed by atoms with van der Waals surface area (Å²) >= 11 is 0. The van der Waals surface area contributed by atoms with Crippen molar-refractivity contribution in [2.24, 2.45) is 0 Å². The Balaban J connectivity index is 2.09. The molecule has 4 nitrogen and oxygen atoms in total. The highest BCUT2D eigenvalue weighted by Crippen LogP contribution is 2.27. The minimum Gasteiger partial charge on any atom is -0.480 e. The fourth-order valence-electron chi connectivity index (χ4n) is 2.70. The molecule has 1 aromatic rings. The van der Waals surface area contributed by atoms with Crippen molar-refractivity contribution in [1.29, 1.82) is 0 Å². The van der Waals surface area contributed by atoms with Crippen molar-refractivity contribution >= 4 is 5.91 Å². The first-order chi connectivity index (χ1) is 9.99. The van der Waals surface area contributed by atoms with Crippen LogP contribution in [0.2, 0.25) is 0 Å². The van der Waals surface area contributed by atoms with Gasteiger partial charge in [0.2, 0.25) is 0 Å². The summed E-state index contributed by atoms with van der Waals surface area (Å²) in [5.74, 6) is 0.635. The number of amides is 1. The molecular formula is C17H25NO3. The smallest absolute Gasteiger partial charge is 0.263 e. The molecule has 2 atom stereocenters. The molecule has 116 valence electrons. The van der Waals surface area contributed by atoms with Crippen LogP contribution in [0.15, 0.2) is 18.2 Å². The van der Waals surface area contributed by atoms with Crippen LogP contribution in [0.1, 0.15) is 50.3 Å². The van der Waals surface area contributed by atoms with Gasteiger partial charge in [-0.25, -0.2) is 0 Å². The van der Waals surface area contributed by atoms with E-state index in [9.17, 15) is 9.90 Å². The number of aliphatic hydroxyl groups is 1. The molecule has 0 aliphatic carbocycles. The van der Waals surface area contributed by atoms with Gasteiger partial charge in [-0.1, -0.05) is 12.1 Å². The minimum atomic E-state index is -0.613. The topological polar surface area (TPSA) is 49.8 Å². The number of hydrogen-bond acceptors (Lipinski definition) is 3. The molecule has 2 rings (SSSR count). The predicted octanol–water partition coefficient (Wildman–Crippen LogP) is 2.83. The van der Waals surface area contributed by atoms with Crippen molar-refractivity contribution in [3.05, 3.63) is 29.3 Å². The largest absolute Gasteiger partial charge is 0.480 e. The molecule has 21 heavy (non-hydrogen) atoms. The fourth-order valence-corrected chi connectivity index (χ4v) is 2.70. The van der Waals surface area contributed by atoms with Gasteiger partial charge < -0.3 is 14.7 Å². The number of carbonyl (C=O) groups is 1. The molecule has 1 aliphatic heterocycles. The zero-order valence-corrected chi connectivity index (χ0v) is 13.1. The van der Waals surface area contributed by atoms with Crippen LogP contribution in [0.5, 0.6) is 5.75 Å². The number of aliphatic hydroxyl groups excluding tert-OH is 1. The highest BCUT2D eigenvalue weighted by atomic mass is 16.5. The Hall–Kier alpha value is -1.55. The van der Waals surface area contributed by atoms with Crippen LogP contribution in [-0.2, 0) is 4.79 Å². The molecule has 1 aliphatic rings. The van der Waals surface area contributed by atoms with Crippen LogP contribution in [0.3, 0.4) is 0 Å². The summed E-state index contributed by atoms with van der Waals surface area (Å²) in [6.07, 6.45) is 2.20. The first kappa shape index (κ1) is 15.8. The van der Waals surface area contributed by atoms with Gasteiger partial charge in [0, 0.05) is 18.7 Å². The fraction of sp³-hybridized carbons (Fsp3) is 0.588. The molecule has 2 unspecified atom stereocenters. The molecule has 1 heterocycles. The number of rotatable bonds is 4. The van der Waals surface area contributed by atoms with Crippen LogP contribution in [0, 0.1) is 6.92 Å². The van der Waals surface area contributed by atoms with Gasteiger partial charge in [-0.3, -0.25) is 4.79 Å². The molecule has 1 fully saturated rings. The summed E-state index contributed by atoms with van der Waals surface area (Å²) in [5.41, 5.74) is 1.77. The average Bonchev–Trinajstić information content (AvgIpc) is 2.47. The Kier molecular flexibility index (Phi) is 5.23.